The SMILES string of the molecule is CC1(C)OB(O)c2cc(CC(=O)c3ccc(N4CCOCC4)cc3)ccc21. The third-order valence-electron chi connectivity index (χ3n) is 5.37. The molecule has 2 aromatic rings. The molecule has 0 saturated carbocycles. The highest BCUT2D eigenvalue weighted by molar-refractivity contribution is 6.62. The molecule has 1 N–H and O–H groups in total. The van der Waals surface area contributed by atoms with E-state index in [1.165, 1.54) is 0 Å². The van der Waals surface area contributed by atoms with Gasteiger partial charge in [-0.2, -0.15) is 0 Å². The van der Waals surface area contributed by atoms with Crippen molar-refractivity contribution in [3.8, 4) is 0 Å². The molecule has 2 aliphatic rings. The van der Waals surface area contributed by atoms with Crippen molar-refractivity contribution in [3.05, 3.63) is 59.2 Å². The van der Waals surface area contributed by atoms with Crippen molar-refractivity contribution < 1.29 is 19.2 Å². The summed E-state index contributed by atoms with van der Waals surface area (Å²) in [6.07, 6.45) is 0.303. The summed E-state index contributed by atoms with van der Waals surface area (Å²) >= 11 is 0. The Hall–Kier alpha value is -2.15. The van der Waals surface area contributed by atoms with Crippen molar-refractivity contribution in [2.45, 2.75) is 25.9 Å². The lowest BCUT2D eigenvalue weighted by Gasteiger charge is -2.28. The molecular formula is C21H24BNO4. The zero-order chi connectivity index (χ0) is 19.0. The second-order valence-corrected chi connectivity index (χ2v) is 7.65. The van der Waals surface area contributed by atoms with Gasteiger partial charge in [-0.15, -0.1) is 0 Å². The van der Waals surface area contributed by atoms with Crippen LogP contribution < -0.4 is 10.4 Å². The zero-order valence-electron chi connectivity index (χ0n) is 15.8. The summed E-state index contributed by atoms with van der Waals surface area (Å²) in [5.74, 6) is 0.0659. The molecule has 0 bridgehead atoms. The van der Waals surface area contributed by atoms with Gasteiger partial charge in [0.15, 0.2) is 5.78 Å². The average molecular weight is 365 g/mol. The molecule has 2 aromatic carbocycles. The maximum Gasteiger partial charge on any atom is 0.492 e. The summed E-state index contributed by atoms with van der Waals surface area (Å²) in [6, 6.07) is 13.6. The van der Waals surface area contributed by atoms with E-state index in [1.54, 1.807) is 0 Å². The van der Waals surface area contributed by atoms with E-state index >= 15 is 0 Å². The first-order valence-corrected chi connectivity index (χ1v) is 9.39. The predicted molar refractivity (Wildman–Crippen MR) is 106 cm³/mol. The van der Waals surface area contributed by atoms with Crippen LogP contribution >= 0.6 is 0 Å². The van der Waals surface area contributed by atoms with Crippen LogP contribution in [-0.4, -0.2) is 44.2 Å². The maximum absolute atomic E-state index is 12.7. The number of fused-ring (bicyclic) bond motifs is 1. The predicted octanol–water partition coefficient (Wildman–Crippen LogP) is 1.90. The number of hydrogen-bond donors (Lipinski definition) is 1. The van der Waals surface area contributed by atoms with Gasteiger partial charge in [-0.25, -0.2) is 0 Å². The molecule has 4 rings (SSSR count). The topological polar surface area (TPSA) is 59.0 Å². The van der Waals surface area contributed by atoms with Gasteiger partial charge in [0.25, 0.3) is 0 Å². The molecule has 140 valence electrons. The van der Waals surface area contributed by atoms with Crippen molar-refractivity contribution in [1.29, 1.82) is 0 Å². The second kappa shape index (κ2) is 7.11. The average Bonchev–Trinajstić information content (AvgIpc) is 2.91. The summed E-state index contributed by atoms with van der Waals surface area (Å²) in [6.45, 7) is 7.11. The standard InChI is InChI=1S/C21H24BNO4/c1-21(2)18-8-3-15(13-19(18)22(25)27-21)14-20(24)16-4-6-17(7-5-16)23-9-11-26-12-10-23/h3-8,13,25H,9-12,14H2,1-2H3. The molecule has 0 radical (unpaired) electrons. The number of carbonyl (C=O) groups is 1. The number of morpholine rings is 1. The number of Topliss-reactive ketones (excluding diaryl/α,β-unsaturated/α-hetero) is 1. The van der Waals surface area contributed by atoms with Gasteiger partial charge in [-0.3, -0.25) is 4.79 Å². The van der Waals surface area contributed by atoms with E-state index in [4.69, 9.17) is 9.39 Å². The van der Waals surface area contributed by atoms with Crippen LogP contribution in [0.4, 0.5) is 5.69 Å². The third-order valence-corrected chi connectivity index (χ3v) is 5.37. The number of hydrogen-bond acceptors (Lipinski definition) is 5. The van der Waals surface area contributed by atoms with Gasteiger partial charge >= 0.3 is 7.12 Å². The number of ether oxygens (including phenoxy) is 1. The van der Waals surface area contributed by atoms with Crippen LogP contribution in [0.1, 0.15) is 35.3 Å². The Morgan fingerprint density at radius 2 is 1.85 bits per heavy atom. The van der Waals surface area contributed by atoms with E-state index in [2.05, 4.69) is 4.90 Å². The summed E-state index contributed by atoms with van der Waals surface area (Å²) in [5, 5.41) is 10.1. The highest BCUT2D eigenvalue weighted by Crippen LogP contribution is 2.30. The lowest BCUT2D eigenvalue weighted by molar-refractivity contribution is 0.0991. The quantitative estimate of drug-likeness (QED) is 0.663. The first kappa shape index (κ1) is 18.2. The molecule has 0 aliphatic carbocycles. The molecule has 1 saturated heterocycles. The maximum atomic E-state index is 12.7. The monoisotopic (exact) mass is 365 g/mol. The summed E-state index contributed by atoms with van der Waals surface area (Å²) in [7, 11) is -0.933. The summed E-state index contributed by atoms with van der Waals surface area (Å²) < 4.78 is 11.0. The molecule has 0 atom stereocenters. The Labute approximate surface area is 160 Å². The van der Waals surface area contributed by atoms with Crippen molar-refractivity contribution in [2.75, 3.05) is 31.2 Å². The van der Waals surface area contributed by atoms with Crippen LogP contribution in [0.5, 0.6) is 0 Å². The van der Waals surface area contributed by atoms with Crippen LogP contribution in [0, 0.1) is 0 Å². The van der Waals surface area contributed by atoms with Crippen LogP contribution in [0.25, 0.3) is 0 Å². The van der Waals surface area contributed by atoms with Crippen LogP contribution in [0.2, 0.25) is 0 Å². The molecular weight excluding hydrogens is 341 g/mol. The van der Waals surface area contributed by atoms with E-state index in [9.17, 15) is 9.82 Å². The number of rotatable bonds is 4. The van der Waals surface area contributed by atoms with Gasteiger partial charge in [0.2, 0.25) is 0 Å². The minimum absolute atomic E-state index is 0.0659. The van der Waals surface area contributed by atoms with Gasteiger partial charge < -0.3 is 19.3 Å². The Bertz CT molecular complexity index is 844. The molecule has 0 aromatic heterocycles. The fourth-order valence-electron chi connectivity index (χ4n) is 3.85. The van der Waals surface area contributed by atoms with Crippen molar-refractivity contribution in [1.82, 2.24) is 0 Å². The van der Waals surface area contributed by atoms with Crippen LogP contribution in [0.3, 0.4) is 0 Å². The fraction of sp³-hybridized carbons (Fsp3) is 0.381. The molecule has 0 amide bonds. The fourth-order valence-corrected chi connectivity index (χ4v) is 3.85. The van der Waals surface area contributed by atoms with E-state index in [0.29, 0.717) is 12.0 Å². The molecule has 1 fully saturated rings. The summed E-state index contributed by atoms with van der Waals surface area (Å²) in [5.41, 5.74) is 3.93. The smallest absolute Gasteiger partial charge is 0.423 e. The Morgan fingerprint density at radius 1 is 1.15 bits per heavy atom. The normalized spacial score (nSPS) is 18.5. The largest absolute Gasteiger partial charge is 0.492 e. The minimum atomic E-state index is -0.933. The minimum Gasteiger partial charge on any atom is -0.423 e. The van der Waals surface area contributed by atoms with E-state index in [-0.39, 0.29) is 5.78 Å². The number of anilines is 1. The Morgan fingerprint density at radius 3 is 2.56 bits per heavy atom. The van der Waals surface area contributed by atoms with Crippen molar-refractivity contribution in [2.24, 2.45) is 0 Å². The molecule has 2 heterocycles. The van der Waals surface area contributed by atoms with E-state index in [0.717, 1.165) is 48.6 Å². The van der Waals surface area contributed by atoms with Gasteiger partial charge in [0.05, 0.1) is 18.8 Å². The molecule has 0 unspecified atom stereocenters. The molecule has 2 aliphatic heterocycles. The Kier molecular flexibility index (Phi) is 4.80. The lowest BCUT2D eigenvalue weighted by Crippen LogP contribution is -2.36. The first-order valence-electron chi connectivity index (χ1n) is 9.39. The highest BCUT2D eigenvalue weighted by atomic mass is 16.5. The molecule has 5 nitrogen and oxygen atoms in total. The molecule has 27 heavy (non-hydrogen) atoms. The second-order valence-electron chi connectivity index (χ2n) is 7.65. The highest BCUT2D eigenvalue weighted by Gasteiger charge is 2.40. The molecule has 6 heteroatoms. The van der Waals surface area contributed by atoms with Crippen LogP contribution in [-0.2, 0) is 21.4 Å². The van der Waals surface area contributed by atoms with Crippen LogP contribution in [0.15, 0.2) is 42.5 Å². The zero-order valence-corrected chi connectivity index (χ0v) is 15.8. The van der Waals surface area contributed by atoms with Crippen molar-refractivity contribution in [3.63, 3.8) is 0 Å². The van der Waals surface area contributed by atoms with Crippen molar-refractivity contribution >= 4 is 24.1 Å². The number of ketones is 1. The first-order chi connectivity index (χ1) is 12.9. The van der Waals surface area contributed by atoms with Gasteiger partial charge in [-0.05, 0) is 54.7 Å². The summed E-state index contributed by atoms with van der Waals surface area (Å²) in [4.78, 5) is 14.9. The van der Waals surface area contributed by atoms with Gasteiger partial charge in [0, 0.05) is 30.8 Å². The van der Waals surface area contributed by atoms with Gasteiger partial charge in [-0.1, -0.05) is 18.2 Å². The Balaban J connectivity index is 1.47. The molecule has 0 spiro atoms. The number of benzene rings is 2. The van der Waals surface area contributed by atoms with E-state index < -0.39 is 12.7 Å². The number of carbonyl (C=O) groups excluding carboxylic acids is 1. The number of nitrogens with zero attached hydrogens (tertiary/aromatic N) is 1. The van der Waals surface area contributed by atoms with Gasteiger partial charge in [0.1, 0.15) is 0 Å². The lowest BCUT2D eigenvalue weighted by atomic mass is 9.77. The third kappa shape index (κ3) is 3.65. The van der Waals surface area contributed by atoms with E-state index in [1.807, 2.05) is 56.3 Å².